The number of hydrogen-bond acceptors (Lipinski definition) is 2. The molecule has 20 heavy (non-hydrogen) atoms. The van der Waals surface area contributed by atoms with Gasteiger partial charge >= 0.3 is 5.69 Å². The van der Waals surface area contributed by atoms with E-state index in [0.29, 0.717) is 21.6 Å². The van der Waals surface area contributed by atoms with Gasteiger partial charge in [-0.25, -0.2) is 9.36 Å². The molecular weight excluding hydrogens is 344 g/mol. The number of aromatic nitrogens is 2. The van der Waals surface area contributed by atoms with Gasteiger partial charge < -0.3 is 4.98 Å². The third kappa shape index (κ3) is 2.19. The van der Waals surface area contributed by atoms with Crippen LogP contribution < -0.4 is 11.2 Å². The Morgan fingerprint density at radius 2 is 1.75 bits per heavy atom. The molecule has 0 saturated carbocycles. The molecule has 100 valence electrons. The Morgan fingerprint density at radius 1 is 1.05 bits per heavy atom. The van der Waals surface area contributed by atoms with Gasteiger partial charge in [-0.15, -0.1) is 0 Å². The quantitative estimate of drug-likeness (QED) is 0.732. The molecule has 1 N–H and O–H groups in total. The topological polar surface area (TPSA) is 54.9 Å². The van der Waals surface area contributed by atoms with Crippen molar-refractivity contribution in [3.63, 3.8) is 0 Å². The fourth-order valence-corrected chi connectivity index (χ4v) is 2.50. The molecule has 6 heteroatoms. The molecular formula is C14H8BrClN2O2. The molecule has 0 spiro atoms. The molecule has 0 bridgehead atoms. The van der Waals surface area contributed by atoms with Crippen molar-refractivity contribution < 1.29 is 0 Å². The zero-order valence-electron chi connectivity index (χ0n) is 10.1. The Morgan fingerprint density at radius 3 is 2.45 bits per heavy atom. The molecule has 1 aromatic heterocycles. The fourth-order valence-electron chi connectivity index (χ4n) is 2.01. The molecule has 0 fully saturated rings. The molecule has 3 aromatic rings. The highest BCUT2D eigenvalue weighted by molar-refractivity contribution is 9.10. The van der Waals surface area contributed by atoms with Gasteiger partial charge in [-0.05, 0) is 42.5 Å². The van der Waals surface area contributed by atoms with Crippen molar-refractivity contribution in [2.75, 3.05) is 0 Å². The van der Waals surface area contributed by atoms with Crippen molar-refractivity contribution in [1.82, 2.24) is 9.55 Å². The van der Waals surface area contributed by atoms with Gasteiger partial charge in [0.15, 0.2) is 0 Å². The molecule has 1 heterocycles. The van der Waals surface area contributed by atoms with Crippen LogP contribution in [0.4, 0.5) is 0 Å². The summed E-state index contributed by atoms with van der Waals surface area (Å²) in [6, 6.07) is 11.7. The highest BCUT2D eigenvalue weighted by atomic mass is 79.9. The Labute approximate surface area is 126 Å². The zero-order valence-corrected chi connectivity index (χ0v) is 12.4. The van der Waals surface area contributed by atoms with Gasteiger partial charge in [0, 0.05) is 9.50 Å². The molecule has 0 unspecified atom stereocenters. The van der Waals surface area contributed by atoms with Crippen LogP contribution in [0.25, 0.3) is 16.6 Å². The number of fused-ring (bicyclic) bond motifs is 1. The summed E-state index contributed by atoms with van der Waals surface area (Å²) in [5.74, 6) is 0. The summed E-state index contributed by atoms with van der Waals surface area (Å²) < 4.78 is 1.86. The summed E-state index contributed by atoms with van der Waals surface area (Å²) in [4.78, 5) is 27.3. The van der Waals surface area contributed by atoms with Crippen LogP contribution in [-0.2, 0) is 0 Å². The van der Waals surface area contributed by atoms with Crippen LogP contribution in [0.2, 0.25) is 5.02 Å². The highest BCUT2D eigenvalue weighted by Crippen LogP contribution is 2.15. The monoisotopic (exact) mass is 350 g/mol. The lowest BCUT2D eigenvalue weighted by atomic mass is 10.2. The Balaban J connectivity index is 2.39. The van der Waals surface area contributed by atoms with E-state index in [1.54, 1.807) is 42.5 Å². The lowest BCUT2D eigenvalue weighted by Crippen LogP contribution is -2.33. The standard InChI is InChI=1S/C14H8BrClN2O2/c15-8-1-6-12-11(7-8)13(19)18(14(20)17-12)10-4-2-9(16)3-5-10/h1-7H,(H,17,20). The first kappa shape index (κ1) is 13.1. The van der Waals surface area contributed by atoms with E-state index < -0.39 is 5.69 Å². The SMILES string of the molecule is O=c1[nH]c2ccc(Br)cc2c(=O)n1-c1ccc(Cl)cc1. The van der Waals surface area contributed by atoms with Crippen molar-refractivity contribution >= 4 is 38.4 Å². The van der Waals surface area contributed by atoms with E-state index in [0.717, 1.165) is 9.04 Å². The molecule has 0 amide bonds. The van der Waals surface area contributed by atoms with Gasteiger partial charge in [0.25, 0.3) is 5.56 Å². The zero-order chi connectivity index (χ0) is 14.3. The number of H-pyrrole nitrogens is 1. The summed E-state index contributed by atoms with van der Waals surface area (Å²) in [7, 11) is 0. The van der Waals surface area contributed by atoms with E-state index in [9.17, 15) is 9.59 Å². The van der Waals surface area contributed by atoms with E-state index in [2.05, 4.69) is 20.9 Å². The van der Waals surface area contributed by atoms with Crippen molar-refractivity contribution in [3.8, 4) is 5.69 Å². The van der Waals surface area contributed by atoms with Crippen LogP contribution in [-0.4, -0.2) is 9.55 Å². The summed E-state index contributed by atoms with van der Waals surface area (Å²) in [5, 5.41) is 0.982. The lowest BCUT2D eigenvalue weighted by Gasteiger charge is -2.06. The second kappa shape index (κ2) is 4.92. The molecule has 4 nitrogen and oxygen atoms in total. The molecule has 0 atom stereocenters. The molecule has 0 saturated heterocycles. The predicted octanol–water partition coefficient (Wildman–Crippen LogP) is 3.09. The molecule has 0 radical (unpaired) electrons. The van der Waals surface area contributed by atoms with Gasteiger partial charge in [0.1, 0.15) is 0 Å². The average molecular weight is 352 g/mol. The third-order valence-electron chi connectivity index (χ3n) is 2.94. The minimum absolute atomic E-state index is 0.368. The number of halogens is 2. The minimum Gasteiger partial charge on any atom is -0.306 e. The first-order valence-electron chi connectivity index (χ1n) is 5.77. The largest absolute Gasteiger partial charge is 0.333 e. The van der Waals surface area contributed by atoms with E-state index in [1.165, 1.54) is 0 Å². The van der Waals surface area contributed by atoms with Crippen LogP contribution >= 0.6 is 27.5 Å². The Kier molecular flexibility index (Phi) is 3.23. The number of nitrogens with zero attached hydrogens (tertiary/aromatic N) is 1. The number of benzene rings is 2. The third-order valence-corrected chi connectivity index (χ3v) is 3.69. The van der Waals surface area contributed by atoms with Crippen LogP contribution in [0.5, 0.6) is 0 Å². The average Bonchev–Trinajstić information content (AvgIpc) is 2.42. The van der Waals surface area contributed by atoms with Crippen molar-refractivity contribution in [3.05, 3.63) is 72.8 Å². The number of nitrogens with one attached hydrogen (secondary N) is 1. The smallest absolute Gasteiger partial charge is 0.306 e. The second-order valence-corrected chi connectivity index (χ2v) is 5.59. The first-order chi connectivity index (χ1) is 9.56. The fraction of sp³-hybridized carbons (Fsp3) is 0. The Hall–Kier alpha value is -1.85. The van der Waals surface area contributed by atoms with E-state index in [1.807, 2.05) is 0 Å². The van der Waals surface area contributed by atoms with Crippen molar-refractivity contribution in [1.29, 1.82) is 0 Å². The van der Waals surface area contributed by atoms with E-state index in [-0.39, 0.29) is 5.56 Å². The molecule has 2 aromatic carbocycles. The molecule has 0 aliphatic carbocycles. The molecule has 0 aliphatic rings. The van der Waals surface area contributed by atoms with E-state index in [4.69, 9.17) is 11.6 Å². The maximum atomic E-state index is 12.5. The minimum atomic E-state index is -0.479. The van der Waals surface area contributed by atoms with Crippen molar-refractivity contribution in [2.24, 2.45) is 0 Å². The predicted molar refractivity (Wildman–Crippen MR) is 82.9 cm³/mol. The lowest BCUT2D eigenvalue weighted by molar-refractivity contribution is 0.901. The maximum Gasteiger partial charge on any atom is 0.333 e. The molecule has 3 rings (SSSR count). The number of rotatable bonds is 1. The highest BCUT2D eigenvalue weighted by Gasteiger charge is 2.09. The maximum absolute atomic E-state index is 12.5. The van der Waals surface area contributed by atoms with Gasteiger partial charge in [-0.2, -0.15) is 0 Å². The van der Waals surface area contributed by atoms with Gasteiger partial charge in [0.2, 0.25) is 0 Å². The van der Waals surface area contributed by atoms with Crippen LogP contribution in [0.15, 0.2) is 56.5 Å². The van der Waals surface area contributed by atoms with Gasteiger partial charge in [0.05, 0.1) is 16.6 Å². The summed E-state index contributed by atoms with van der Waals surface area (Å²) >= 11 is 9.13. The molecule has 0 aliphatic heterocycles. The summed E-state index contributed by atoms with van der Waals surface area (Å²) in [6.07, 6.45) is 0. The summed E-state index contributed by atoms with van der Waals surface area (Å²) in [6.45, 7) is 0. The number of hydrogen-bond donors (Lipinski definition) is 1. The number of aromatic amines is 1. The van der Waals surface area contributed by atoms with Crippen molar-refractivity contribution in [2.45, 2.75) is 0 Å². The van der Waals surface area contributed by atoms with Crippen LogP contribution in [0, 0.1) is 0 Å². The first-order valence-corrected chi connectivity index (χ1v) is 6.94. The van der Waals surface area contributed by atoms with Gasteiger partial charge in [-0.1, -0.05) is 27.5 Å². The van der Waals surface area contributed by atoms with Crippen LogP contribution in [0.3, 0.4) is 0 Å². The van der Waals surface area contributed by atoms with Gasteiger partial charge in [-0.3, -0.25) is 4.79 Å². The summed E-state index contributed by atoms with van der Waals surface area (Å²) in [5.41, 5.74) is 0.135. The van der Waals surface area contributed by atoms with Crippen LogP contribution in [0.1, 0.15) is 0 Å². The second-order valence-electron chi connectivity index (χ2n) is 4.24. The Bertz CT molecular complexity index is 913. The normalized spacial score (nSPS) is 10.9. The van der Waals surface area contributed by atoms with E-state index >= 15 is 0 Å².